The Bertz CT molecular complexity index is 817. The zero-order chi connectivity index (χ0) is 19.9. The molecule has 1 aliphatic rings. The molecule has 1 fully saturated rings. The lowest BCUT2D eigenvalue weighted by molar-refractivity contribution is -0.126. The Morgan fingerprint density at radius 1 is 1.32 bits per heavy atom. The molecule has 4 N–H and O–H groups in total. The van der Waals surface area contributed by atoms with Crippen LogP contribution in [0.5, 0.6) is 5.88 Å². The smallest absolute Gasteiger partial charge is 0.251 e. The van der Waals surface area contributed by atoms with E-state index in [1.165, 1.54) is 18.4 Å². The zero-order valence-corrected chi connectivity index (χ0v) is 16.6. The highest BCUT2D eigenvalue weighted by Crippen LogP contribution is 2.25. The molecule has 0 bridgehead atoms. The number of aromatic nitrogens is 2. The van der Waals surface area contributed by atoms with Crippen LogP contribution in [0.1, 0.15) is 41.7 Å². The third-order valence-electron chi connectivity index (χ3n) is 4.89. The first-order valence-electron chi connectivity index (χ1n) is 9.33. The van der Waals surface area contributed by atoms with Gasteiger partial charge in [0.05, 0.1) is 12.8 Å². The van der Waals surface area contributed by atoms with Crippen molar-refractivity contribution in [2.75, 3.05) is 19.4 Å². The van der Waals surface area contributed by atoms with Crippen molar-refractivity contribution in [2.45, 2.75) is 38.1 Å². The van der Waals surface area contributed by atoms with Crippen LogP contribution in [-0.2, 0) is 11.2 Å². The quantitative estimate of drug-likeness (QED) is 0.648. The van der Waals surface area contributed by atoms with Gasteiger partial charge in [0, 0.05) is 48.1 Å². The van der Waals surface area contributed by atoms with Gasteiger partial charge in [0.25, 0.3) is 5.91 Å². The molecule has 2 heterocycles. The van der Waals surface area contributed by atoms with E-state index in [0.29, 0.717) is 29.5 Å². The Kier molecular flexibility index (Phi) is 6.80. The summed E-state index contributed by atoms with van der Waals surface area (Å²) in [4.78, 5) is 32.9. The molecule has 1 aliphatic carbocycles. The molecule has 0 aromatic carbocycles. The van der Waals surface area contributed by atoms with Crippen molar-refractivity contribution in [2.24, 2.45) is 5.92 Å². The van der Waals surface area contributed by atoms with Gasteiger partial charge in [0.15, 0.2) is 5.13 Å². The van der Waals surface area contributed by atoms with Gasteiger partial charge < -0.3 is 21.1 Å². The number of ether oxygens (including phenoxy) is 1. The largest absolute Gasteiger partial charge is 0.481 e. The number of amides is 2. The van der Waals surface area contributed by atoms with Crippen LogP contribution >= 0.6 is 11.3 Å². The molecular weight excluding hydrogens is 378 g/mol. The summed E-state index contributed by atoms with van der Waals surface area (Å²) in [5.74, 6) is 0.339. The van der Waals surface area contributed by atoms with Crippen LogP contribution in [0.25, 0.3) is 0 Å². The third kappa shape index (κ3) is 5.41. The number of carbonyl (C=O) groups is 2. The summed E-state index contributed by atoms with van der Waals surface area (Å²) >= 11 is 1.41. The summed E-state index contributed by atoms with van der Waals surface area (Å²) in [6, 6.07) is 3.35. The summed E-state index contributed by atoms with van der Waals surface area (Å²) in [6.45, 7) is 0.558. The molecule has 1 saturated carbocycles. The van der Waals surface area contributed by atoms with Crippen molar-refractivity contribution in [3.63, 3.8) is 0 Å². The second-order valence-electron chi connectivity index (χ2n) is 6.83. The summed E-state index contributed by atoms with van der Waals surface area (Å²) in [6.07, 6.45) is 5.33. The number of rotatable bonds is 7. The van der Waals surface area contributed by atoms with Crippen molar-refractivity contribution in [1.29, 1.82) is 0 Å². The van der Waals surface area contributed by atoms with Gasteiger partial charge in [-0.3, -0.25) is 9.59 Å². The van der Waals surface area contributed by atoms with Crippen molar-refractivity contribution in [1.82, 2.24) is 20.6 Å². The lowest BCUT2D eigenvalue weighted by Gasteiger charge is -2.28. The van der Waals surface area contributed by atoms with Gasteiger partial charge in [-0.25, -0.2) is 9.97 Å². The first-order chi connectivity index (χ1) is 13.5. The molecular formula is C19H25N5O3S. The second-order valence-corrected chi connectivity index (χ2v) is 7.72. The Hall–Kier alpha value is -2.68. The number of thiazole rings is 1. The second kappa shape index (κ2) is 9.50. The Balaban J connectivity index is 1.39. The highest BCUT2D eigenvalue weighted by molar-refractivity contribution is 7.13. The molecule has 2 amide bonds. The minimum atomic E-state index is -0.142. The van der Waals surface area contributed by atoms with Gasteiger partial charge in [0.1, 0.15) is 0 Å². The van der Waals surface area contributed by atoms with Crippen LogP contribution in [0.15, 0.2) is 23.7 Å². The molecule has 150 valence electrons. The van der Waals surface area contributed by atoms with Crippen LogP contribution in [-0.4, -0.2) is 41.5 Å². The summed E-state index contributed by atoms with van der Waals surface area (Å²) in [7, 11) is 1.52. The molecule has 8 nitrogen and oxygen atoms in total. The van der Waals surface area contributed by atoms with E-state index in [9.17, 15) is 9.59 Å². The first-order valence-corrected chi connectivity index (χ1v) is 10.2. The maximum absolute atomic E-state index is 12.4. The molecule has 2 aromatic heterocycles. The van der Waals surface area contributed by atoms with Crippen LogP contribution in [0.2, 0.25) is 0 Å². The number of anilines is 1. The molecule has 0 unspecified atom stereocenters. The predicted molar refractivity (Wildman–Crippen MR) is 107 cm³/mol. The van der Waals surface area contributed by atoms with E-state index in [-0.39, 0.29) is 23.8 Å². The maximum atomic E-state index is 12.4. The number of hydrogen-bond acceptors (Lipinski definition) is 7. The van der Waals surface area contributed by atoms with Gasteiger partial charge in [-0.2, -0.15) is 0 Å². The average Bonchev–Trinajstić information content (AvgIpc) is 3.13. The van der Waals surface area contributed by atoms with Crippen LogP contribution < -0.4 is 21.1 Å². The molecule has 0 aliphatic heterocycles. The predicted octanol–water partition coefficient (Wildman–Crippen LogP) is 1.78. The Morgan fingerprint density at radius 3 is 2.79 bits per heavy atom. The number of carbonyl (C=O) groups excluding carboxylic acids is 2. The van der Waals surface area contributed by atoms with Crippen molar-refractivity contribution in [3.8, 4) is 5.88 Å². The summed E-state index contributed by atoms with van der Waals surface area (Å²) in [5, 5.41) is 8.48. The molecule has 9 heteroatoms. The van der Waals surface area contributed by atoms with Gasteiger partial charge in [-0.15, -0.1) is 11.3 Å². The highest BCUT2D eigenvalue weighted by Gasteiger charge is 2.27. The molecule has 0 spiro atoms. The minimum Gasteiger partial charge on any atom is -0.481 e. The lowest BCUT2D eigenvalue weighted by atomic mass is 9.85. The number of pyridine rings is 1. The summed E-state index contributed by atoms with van der Waals surface area (Å²) in [5.41, 5.74) is 7.03. The van der Waals surface area contributed by atoms with Gasteiger partial charge in [-0.1, -0.05) is 0 Å². The number of hydrogen-bond donors (Lipinski definition) is 3. The molecule has 0 saturated heterocycles. The SMILES string of the molecule is COc1cc(C(=O)NC2CCC(C(=O)NCCc3csc(N)n3)CC2)ccn1. The van der Waals surface area contributed by atoms with E-state index >= 15 is 0 Å². The van der Waals surface area contributed by atoms with E-state index in [4.69, 9.17) is 10.5 Å². The van der Waals surface area contributed by atoms with Crippen molar-refractivity contribution >= 4 is 28.3 Å². The van der Waals surface area contributed by atoms with E-state index in [1.54, 1.807) is 18.3 Å². The average molecular weight is 404 g/mol. The third-order valence-corrected chi connectivity index (χ3v) is 5.61. The highest BCUT2D eigenvalue weighted by atomic mass is 32.1. The Labute approximate surface area is 167 Å². The minimum absolute atomic E-state index is 0.00493. The van der Waals surface area contributed by atoms with E-state index in [1.807, 2.05) is 5.38 Å². The van der Waals surface area contributed by atoms with E-state index in [0.717, 1.165) is 31.4 Å². The fourth-order valence-corrected chi connectivity index (χ4v) is 3.92. The van der Waals surface area contributed by atoms with Crippen LogP contribution in [0.3, 0.4) is 0 Å². The molecule has 28 heavy (non-hydrogen) atoms. The van der Waals surface area contributed by atoms with Crippen molar-refractivity contribution in [3.05, 3.63) is 35.0 Å². The number of nitrogens with zero attached hydrogens (tertiary/aromatic N) is 2. The van der Waals surface area contributed by atoms with Crippen LogP contribution in [0.4, 0.5) is 5.13 Å². The van der Waals surface area contributed by atoms with Crippen LogP contribution in [0, 0.1) is 5.92 Å². The monoisotopic (exact) mass is 403 g/mol. The fraction of sp³-hybridized carbons (Fsp3) is 0.474. The first kappa shape index (κ1) is 20.1. The zero-order valence-electron chi connectivity index (χ0n) is 15.8. The maximum Gasteiger partial charge on any atom is 0.251 e. The van der Waals surface area contributed by atoms with E-state index < -0.39 is 0 Å². The van der Waals surface area contributed by atoms with Gasteiger partial charge in [-0.05, 0) is 31.7 Å². The number of methoxy groups -OCH3 is 1. The normalized spacial score (nSPS) is 19.0. The Morgan fingerprint density at radius 2 is 2.11 bits per heavy atom. The number of nitrogen functional groups attached to an aromatic ring is 1. The number of nitrogens with two attached hydrogens (primary N) is 1. The fourth-order valence-electron chi connectivity index (χ4n) is 3.33. The van der Waals surface area contributed by atoms with Gasteiger partial charge >= 0.3 is 0 Å². The number of nitrogens with one attached hydrogen (secondary N) is 2. The van der Waals surface area contributed by atoms with Crippen molar-refractivity contribution < 1.29 is 14.3 Å². The summed E-state index contributed by atoms with van der Waals surface area (Å²) < 4.78 is 5.05. The van der Waals surface area contributed by atoms with E-state index in [2.05, 4.69) is 20.6 Å². The topological polar surface area (TPSA) is 119 Å². The molecule has 0 atom stereocenters. The standard InChI is InChI=1S/C19H25N5O3S/c1-27-16-10-13(6-8-21-16)18(26)23-14-4-2-12(3-5-14)17(25)22-9-7-15-11-28-19(20)24-15/h6,8,10-12,14H,2-5,7,9H2,1H3,(H2,20,24)(H,22,25)(H,23,26). The van der Waals surface area contributed by atoms with Gasteiger partial charge in [0.2, 0.25) is 11.8 Å². The molecule has 0 radical (unpaired) electrons. The lowest BCUT2D eigenvalue weighted by Crippen LogP contribution is -2.41. The molecule has 3 rings (SSSR count). The molecule has 2 aromatic rings.